The number of nitrogens with zero attached hydrogens (tertiary/aromatic N) is 1. The van der Waals surface area contributed by atoms with Crippen molar-refractivity contribution in [2.24, 2.45) is 0 Å². The van der Waals surface area contributed by atoms with Gasteiger partial charge >= 0.3 is 0 Å². The largest absolute Gasteiger partial charge is 0.508 e. The Morgan fingerprint density at radius 3 is 2.42 bits per heavy atom. The smallest absolute Gasteiger partial charge is 0.262 e. The van der Waals surface area contributed by atoms with E-state index in [2.05, 4.69) is 5.32 Å². The number of hydrogen-bond acceptors (Lipinski definition) is 4. The Kier molecular flexibility index (Phi) is 3.73. The summed E-state index contributed by atoms with van der Waals surface area (Å²) >= 11 is 0. The van der Waals surface area contributed by atoms with Crippen LogP contribution in [-0.2, 0) is 0 Å². The molecule has 0 aliphatic carbocycles. The molecule has 3 N–H and O–H groups in total. The quantitative estimate of drug-likeness (QED) is 0.653. The predicted octanol–water partition coefficient (Wildman–Crippen LogP) is 4.01. The van der Waals surface area contributed by atoms with E-state index in [1.165, 1.54) is 41.3 Å². The summed E-state index contributed by atoms with van der Waals surface area (Å²) in [5, 5.41) is 23.1. The van der Waals surface area contributed by atoms with E-state index in [1.54, 1.807) is 30.3 Å². The summed E-state index contributed by atoms with van der Waals surface area (Å²) in [6, 6.07) is 16.8. The van der Waals surface area contributed by atoms with Crippen molar-refractivity contribution in [3.05, 3.63) is 83.7 Å². The molecule has 3 aromatic rings. The van der Waals surface area contributed by atoms with Crippen LogP contribution < -0.4 is 10.2 Å². The summed E-state index contributed by atoms with van der Waals surface area (Å²) in [6.45, 7) is 0. The van der Waals surface area contributed by atoms with Gasteiger partial charge in [0.1, 0.15) is 23.5 Å². The summed E-state index contributed by atoms with van der Waals surface area (Å²) in [7, 11) is 0. The fourth-order valence-electron chi connectivity index (χ4n) is 3.10. The van der Waals surface area contributed by atoms with E-state index < -0.39 is 12.0 Å². The Morgan fingerprint density at radius 1 is 0.962 bits per heavy atom. The van der Waals surface area contributed by atoms with E-state index in [9.17, 15) is 19.4 Å². The zero-order valence-electron chi connectivity index (χ0n) is 13.6. The molecule has 0 saturated heterocycles. The molecule has 1 aliphatic rings. The Labute approximate surface area is 148 Å². The lowest BCUT2D eigenvalue weighted by molar-refractivity contribution is 0.0974. The summed E-state index contributed by atoms with van der Waals surface area (Å²) in [6.07, 6.45) is -0.719. The van der Waals surface area contributed by atoms with E-state index >= 15 is 0 Å². The van der Waals surface area contributed by atoms with Gasteiger partial charge in [0, 0.05) is 23.0 Å². The molecule has 1 aliphatic heterocycles. The molecule has 0 unspecified atom stereocenters. The van der Waals surface area contributed by atoms with Crippen molar-refractivity contribution in [3.8, 4) is 11.5 Å². The first-order valence-corrected chi connectivity index (χ1v) is 8.01. The lowest BCUT2D eigenvalue weighted by Gasteiger charge is -2.38. The minimum atomic E-state index is -0.719. The van der Waals surface area contributed by atoms with Gasteiger partial charge in [-0.05, 0) is 48.5 Å². The lowest BCUT2D eigenvalue weighted by atomic mass is 10.0. The third-order valence-corrected chi connectivity index (χ3v) is 4.34. The fourth-order valence-corrected chi connectivity index (χ4v) is 3.10. The molecule has 4 rings (SSSR count). The van der Waals surface area contributed by atoms with Gasteiger partial charge in [0.05, 0.1) is 5.56 Å². The number of phenolic OH excluding ortho intramolecular Hbond substituents is 2. The van der Waals surface area contributed by atoms with Gasteiger partial charge in [-0.25, -0.2) is 4.39 Å². The Bertz CT molecular complexity index is 989. The molecular weight excluding hydrogens is 335 g/mol. The van der Waals surface area contributed by atoms with Gasteiger partial charge in [-0.2, -0.15) is 0 Å². The Balaban J connectivity index is 1.88. The molecule has 1 heterocycles. The number of amides is 1. The molecule has 0 saturated carbocycles. The number of hydrogen-bond donors (Lipinski definition) is 3. The standard InChI is InChI=1S/C20H15FN2O3/c21-12-5-7-13(8-6-12)23-19(16-10-9-14(24)11-18(16)25)22-17-4-2-1-3-15(17)20(23)26/h1-11,19,22,24-25H/t19-/m0/s1. The van der Waals surface area contributed by atoms with Crippen molar-refractivity contribution >= 4 is 17.3 Å². The summed E-state index contributed by atoms with van der Waals surface area (Å²) < 4.78 is 13.3. The van der Waals surface area contributed by atoms with Crippen LogP contribution in [0, 0.1) is 5.82 Å². The molecule has 130 valence electrons. The Morgan fingerprint density at radius 2 is 1.69 bits per heavy atom. The van der Waals surface area contributed by atoms with Crippen LogP contribution in [0.2, 0.25) is 0 Å². The van der Waals surface area contributed by atoms with Gasteiger partial charge in [0.25, 0.3) is 5.91 Å². The van der Waals surface area contributed by atoms with Crippen molar-refractivity contribution in [2.75, 3.05) is 10.2 Å². The SMILES string of the molecule is O=C1c2ccccc2N[C@H](c2ccc(O)cc2O)N1c1ccc(F)cc1. The van der Waals surface area contributed by atoms with Crippen LogP contribution in [-0.4, -0.2) is 16.1 Å². The third kappa shape index (κ3) is 2.61. The number of carbonyl (C=O) groups is 1. The molecule has 0 bridgehead atoms. The minimum absolute atomic E-state index is 0.0814. The minimum Gasteiger partial charge on any atom is -0.508 e. The number of phenols is 2. The first kappa shape index (κ1) is 16.0. The average Bonchev–Trinajstić information content (AvgIpc) is 2.63. The zero-order chi connectivity index (χ0) is 18.3. The molecule has 1 atom stereocenters. The van der Waals surface area contributed by atoms with Gasteiger partial charge in [0.15, 0.2) is 0 Å². The molecule has 5 nitrogen and oxygen atoms in total. The van der Waals surface area contributed by atoms with E-state index in [0.717, 1.165) is 0 Å². The molecular formula is C20H15FN2O3. The molecule has 0 aromatic heterocycles. The number of carbonyl (C=O) groups excluding carboxylic acids is 1. The van der Waals surface area contributed by atoms with Gasteiger partial charge in [-0.3, -0.25) is 9.69 Å². The van der Waals surface area contributed by atoms with Crippen molar-refractivity contribution in [2.45, 2.75) is 6.17 Å². The number of aromatic hydroxyl groups is 2. The third-order valence-electron chi connectivity index (χ3n) is 4.34. The molecule has 0 radical (unpaired) electrons. The summed E-state index contributed by atoms with van der Waals surface area (Å²) in [4.78, 5) is 14.6. The first-order chi connectivity index (χ1) is 12.5. The van der Waals surface area contributed by atoms with Gasteiger partial charge in [-0.15, -0.1) is 0 Å². The highest BCUT2D eigenvalue weighted by molar-refractivity contribution is 6.12. The van der Waals surface area contributed by atoms with Crippen LogP contribution in [0.15, 0.2) is 66.7 Å². The van der Waals surface area contributed by atoms with Crippen LogP contribution in [0.4, 0.5) is 15.8 Å². The maximum Gasteiger partial charge on any atom is 0.262 e. The van der Waals surface area contributed by atoms with Crippen molar-refractivity contribution in [1.29, 1.82) is 0 Å². The number of para-hydroxylation sites is 1. The molecule has 26 heavy (non-hydrogen) atoms. The van der Waals surface area contributed by atoms with Crippen LogP contribution in [0.1, 0.15) is 22.1 Å². The topological polar surface area (TPSA) is 72.8 Å². The van der Waals surface area contributed by atoms with Crippen molar-refractivity contribution < 1.29 is 19.4 Å². The molecule has 6 heteroatoms. The van der Waals surface area contributed by atoms with Crippen LogP contribution in [0.3, 0.4) is 0 Å². The molecule has 1 amide bonds. The summed E-state index contributed by atoms with van der Waals surface area (Å²) in [5.41, 5.74) is 2.01. The highest BCUT2D eigenvalue weighted by Crippen LogP contribution is 2.40. The molecule has 0 spiro atoms. The van der Waals surface area contributed by atoms with E-state index in [4.69, 9.17) is 0 Å². The molecule has 0 fully saturated rings. The van der Waals surface area contributed by atoms with Gasteiger partial charge in [0.2, 0.25) is 0 Å². The average molecular weight is 350 g/mol. The van der Waals surface area contributed by atoms with E-state index in [1.807, 2.05) is 0 Å². The fraction of sp³-hybridized carbons (Fsp3) is 0.0500. The molecule has 3 aromatic carbocycles. The second kappa shape index (κ2) is 6.07. The number of anilines is 2. The van der Waals surface area contributed by atoms with Crippen molar-refractivity contribution in [1.82, 2.24) is 0 Å². The Hall–Kier alpha value is -3.54. The monoisotopic (exact) mass is 350 g/mol. The number of benzene rings is 3. The highest BCUT2D eigenvalue weighted by Gasteiger charge is 2.35. The van der Waals surface area contributed by atoms with Gasteiger partial charge in [-0.1, -0.05) is 12.1 Å². The lowest BCUT2D eigenvalue weighted by Crippen LogP contribution is -2.43. The van der Waals surface area contributed by atoms with Gasteiger partial charge < -0.3 is 15.5 Å². The summed E-state index contributed by atoms with van der Waals surface area (Å²) in [5.74, 6) is -0.914. The zero-order valence-corrected chi connectivity index (χ0v) is 13.6. The second-order valence-electron chi connectivity index (χ2n) is 5.99. The second-order valence-corrected chi connectivity index (χ2v) is 5.99. The maximum atomic E-state index is 13.3. The predicted molar refractivity (Wildman–Crippen MR) is 95.8 cm³/mol. The van der Waals surface area contributed by atoms with Crippen LogP contribution in [0.25, 0.3) is 0 Å². The van der Waals surface area contributed by atoms with Crippen molar-refractivity contribution in [3.63, 3.8) is 0 Å². The first-order valence-electron chi connectivity index (χ1n) is 8.01. The number of halogens is 1. The maximum absolute atomic E-state index is 13.3. The number of fused-ring (bicyclic) bond motifs is 1. The van der Waals surface area contributed by atoms with E-state index in [-0.39, 0.29) is 17.4 Å². The highest BCUT2D eigenvalue weighted by atomic mass is 19.1. The van der Waals surface area contributed by atoms with Crippen LogP contribution in [0.5, 0.6) is 11.5 Å². The number of rotatable bonds is 2. The normalized spacial score (nSPS) is 16.1. The van der Waals surface area contributed by atoms with E-state index in [0.29, 0.717) is 22.5 Å². The van der Waals surface area contributed by atoms with Crippen LogP contribution >= 0.6 is 0 Å². The number of nitrogens with one attached hydrogen (secondary N) is 1.